The molecule has 4 aromatic rings. The molecule has 0 aliphatic heterocycles. The fourth-order valence-corrected chi connectivity index (χ4v) is 3.13. The van der Waals surface area contributed by atoms with Crippen molar-refractivity contribution in [2.45, 2.75) is 19.9 Å². The topological polar surface area (TPSA) is 73.0 Å². The lowest BCUT2D eigenvalue weighted by Gasteiger charge is -2.15. The van der Waals surface area contributed by atoms with E-state index in [2.05, 4.69) is 15.5 Å². The van der Waals surface area contributed by atoms with Crippen molar-refractivity contribution in [3.8, 4) is 16.9 Å². The highest BCUT2D eigenvalue weighted by molar-refractivity contribution is 6.00. The predicted octanol–water partition coefficient (Wildman–Crippen LogP) is 4.33. The molecule has 0 spiro atoms. The van der Waals surface area contributed by atoms with E-state index >= 15 is 0 Å². The van der Waals surface area contributed by atoms with E-state index in [1.807, 2.05) is 72.3 Å². The van der Waals surface area contributed by atoms with Crippen LogP contribution in [0.1, 0.15) is 34.6 Å². The Kier molecular flexibility index (Phi) is 4.76. The molecule has 0 bridgehead atoms. The quantitative estimate of drug-likeness (QED) is 0.566. The van der Waals surface area contributed by atoms with E-state index < -0.39 is 0 Å². The SMILES string of the molecule is Cc1onc(-c2ccccc2)c1C(=O)NC(C)c1ccc(-n2ccnc2)cc1. The number of carbonyl (C=O) groups is 1. The number of nitrogens with one attached hydrogen (secondary N) is 1. The van der Waals surface area contributed by atoms with E-state index in [1.165, 1.54) is 0 Å². The molecule has 2 heterocycles. The van der Waals surface area contributed by atoms with Crippen LogP contribution in [-0.2, 0) is 0 Å². The molecule has 0 radical (unpaired) electrons. The van der Waals surface area contributed by atoms with Gasteiger partial charge in [0.05, 0.1) is 12.4 Å². The third kappa shape index (κ3) is 3.44. The molecule has 140 valence electrons. The number of imidazole rings is 1. The number of hydrogen-bond acceptors (Lipinski definition) is 4. The summed E-state index contributed by atoms with van der Waals surface area (Å²) >= 11 is 0. The van der Waals surface area contributed by atoms with E-state index in [4.69, 9.17) is 4.52 Å². The molecule has 2 aromatic heterocycles. The Balaban J connectivity index is 1.53. The molecule has 1 N–H and O–H groups in total. The Labute approximate surface area is 162 Å². The molecule has 28 heavy (non-hydrogen) atoms. The summed E-state index contributed by atoms with van der Waals surface area (Å²) in [6, 6.07) is 17.4. The normalized spacial score (nSPS) is 11.9. The van der Waals surface area contributed by atoms with Crippen LogP contribution in [0.25, 0.3) is 16.9 Å². The van der Waals surface area contributed by atoms with Crippen LogP contribution < -0.4 is 5.32 Å². The Morgan fingerprint density at radius 2 is 1.86 bits per heavy atom. The molecule has 4 rings (SSSR count). The fraction of sp³-hybridized carbons (Fsp3) is 0.136. The molecule has 0 aliphatic carbocycles. The van der Waals surface area contributed by atoms with E-state index in [1.54, 1.807) is 19.4 Å². The lowest BCUT2D eigenvalue weighted by atomic mass is 10.0. The average molecular weight is 372 g/mol. The molecule has 0 saturated heterocycles. The standard InChI is InChI=1S/C22H20N4O2/c1-15(17-8-10-19(11-9-17)26-13-12-23-14-26)24-22(27)20-16(2)28-25-21(20)18-6-4-3-5-7-18/h3-15H,1-2H3,(H,24,27). The summed E-state index contributed by atoms with van der Waals surface area (Å²) in [6.07, 6.45) is 5.38. The van der Waals surface area contributed by atoms with Gasteiger partial charge in [0.25, 0.3) is 5.91 Å². The molecule has 2 aromatic carbocycles. The van der Waals surface area contributed by atoms with Gasteiger partial charge < -0.3 is 14.4 Å². The first-order valence-corrected chi connectivity index (χ1v) is 9.04. The van der Waals surface area contributed by atoms with Crippen LogP contribution in [0.2, 0.25) is 0 Å². The zero-order valence-electron chi connectivity index (χ0n) is 15.7. The van der Waals surface area contributed by atoms with Gasteiger partial charge in [0, 0.05) is 23.6 Å². The summed E-state index contributed by atoms with van der Waals surface area (Å²) in [7, 11) is 0. The Hall–Kier alpha value is -3.67. The zero-order valence-corrected chi connectivity index (χ0v) is 15.7. The first kappa shape index (κ1) is 17.7. The second-order valence-electron chi connectivity index (χ2n) is 6.59. The maximum absolute atomic E-state index is 12.9. The maximum atomic E-state index is 12.9. The van der Waals surface area contributed by atoms with Crippen LogP contribution in [0, 0.1) is 6.92 Å². The lowest BCUT2D eigenvalue weighted by Crippen LogP contribution is -2.27. The molecule has 1 amide bonds. The molecule has 0 aliphatic rings. The van der Waals surface area contributed by atoms with Gasteiger partial charge in [0.1, 0.15) is 17.0 Å². The van der Waals surface area contributed by atoms with Crippen LogP contribution in [-0.4, -0.2) is 20.6 Å². The molecule has 6 heteroatoms. The van der Waals surface area contributed by atoms with E-state index in [9.17, 15) is 4.79 Å². The van der Waals surface area contributed by atoms with Crippen LogP contribution in [0.15, 0.2) is 77.8 Å². The van der Waals surface area contributed by atoms with Gasteiger partial charge in [-0.3, -0.25) is 4.79 Å². The molecule has 1 atom stereocenters. The molecule has 1 unspecified atom stereocenters. The fourth-order valence-electron chi connectivity index (χ4n) is 3.13. The van der Waals surface area contributed by atoms with Gasteiger partial charge in [0.15, 0.2) is 0 Å². The van der Waals surface area contributed by atoms with Crippen molar-refractivity contribution in [1.82, 2.24) is 20.0 Å². The van der Waals surface area contributed by atoms with Crippen molar-refractivity contribution in [2.24, 2.45) is 0 Å². The minimum absolute atomic E-state index is 0.165. The highest BCUT2D eigenvalue weighted by Crippen LogP contribution is 2.26. The van der Waals surface area contributed by atoms with Gasteiger partial charge in [-0.1, -0.05) is 47.6 Å². The molecule has 0 fully saturated rings. The third-order valence-electron chi connectivity index (χ3n) is 4.68. The van der Waals surface area contributed by atoms with Gasteiger partial charge in [-0.2, -0.15) is 0 Å². The van der Waals surface area contributed by atoms with Crippen LogP contribution in [0.3, 0.4) is 0 Å². The first-order chi connectivity index (χ1) is 13.6. The first-order valence-electron chi connectivity index (χ1n) is 9.04. The number of aryl methyl sites for hydroxylation is 1. The Morgan fingerprint density at radius 1 is 1.11 bits per heavy atom. The van der Waals surface area contributed by atoms with Crippen molar-refractivity contribution in [3.63, 3.8) is 0 Å². The van der Waals surface area contributed by atoms with Gasteiger partial charge >= 0.3 is 0 Å². The predicted molar refractivity (Wildman–Crippen MR) is 106 cm³/mol. The van der Waals surface area contributed by atoms with E-state index in [0.717, 1.165) is 16.8 Å². The summed E-state index contributed by atoms with van der Waals surface area (Å²) in [5.74, 6) is 0.294. The summed E-state index contributed by atoms with van der Waals surface area (Å²) in [5.41, 5.74) is 3.89. The number of amides is 1. The Morgan fingerprint density at radius 3 is 2.54 bits per heavy atom. The average Bonchev–Trinajstić information content (AvgIpc) is 3.38. The molecular weight excluding hydrogens is 352 g/mol. The number of nitrogens with zero attached hydrogens (tertiary/aromatic N) is 3. The largest absolute Gasteiger partial charge is 0.360 e. The van der Waals surface area contributed by atoms with Gasteiger partial charge in [-0.25, -0.2) is 4.98 Å². The van der Waals surface area contributed by atoms with Crippen molar-refractivity contribution >= 4 is 5.91 Å². The summed E-state index contributed by atoms with van der Waals surface area (Å²) in [4.78, 5) is 17.0. The number of carbonyl (C=O) groups excluding carboxylic acids is 1. The summed E-state index contributed by atoms with van der Waals surface area (Å²) in [5, 5.41) is 7.13. The monoisotopic (exact) mass is 372 g/mol. The minimum Gasteiger partial charge on any atom is -0.360 e. The van der Waals surface area contributed by atoms with Crippen molar-refractivity contribution in [2.75, 3.05) is 0 Å². The second-order valence-corrected chi connectivity index (χ2v) is 6.59. The number of aromatic nitrogens is 3. The third-order valence-corrected chi connectivity index (χ3v) is 4.68. The highest BCUT2D eigenvalue weighted by atomic mass is 16.5. The maximum Gasteiger partial charge on any atom is 0.257 e. The minimum atomic E-state index is -0.205. The molecular formula is C22H20N4O2. The number of hydrogen-bond donors (Lipinski definition) is 1. The number of benzene rings is 2. The zero-order chi connectivity index (χ0) is 19.5. The van der Waals surface area contributed by atoms with Crippen LogP contribution >= 0.6 is 0 Å². The second kappa shape index (κ2) is 7.52. The smallest absolute Gasteiger partial charge is 0.257 e. The van der Waals surface area contributed by atoms with Crippen LogP contribution in [0.5, 0.6) is 0 Å². The highest BCUT2D eigenvalue weighted by Gasteiger charge is 2.23. The van der Waals surface area contributed by atoms with Crippen molar-refractivity contribution in [1.29, 1.82) is 0 Å². The van der Waals surface area contributed by atoms with Gasteiger partial charge in [0.2, 0.25) is 0 Å². The summed E-state index contributed by atoms with van der Waals surface area (Å²) < 4.78 is 7.23. The summed E-state index contributed by atoms with van der Waals surface area (Å²) in [6.45, 7) is 3.70. The molecule has 0 saturated carbocycles. The number of rotatable bonds is 5. The van der Waals surface area contributed by atoms with Crippen LogP contribution in [0.4, 0.5) is 0 Å². The van der Waals surface area contributed by atoms with Crippen molar-refractivity contribution in [3.05, 3.63) is 90.2 Å². The van der Waals surface area contributed by atoms with E-state index in [-0.39, 0.29) is 11.9 Å². The van der Waals surface area contributed by atoms with Gasteiger partial charge in [-0.05, 0) is 31.5 Å². The lowest BCUT2D eigenvalue weighted by molar-refractivity contribution is 0.0939. The Bertz CT molecular complexity index is 1070. The van der Waals surface area contributed by atoms with Crippen molar-refractivity contribution < 1.29 is 9.32 Å². The van der Waals surface area contributed by atoms with Gasteiger partial charge in [-0.15, -0.1) is 0 Å². The van der Waals surface area contributed by atoms with E-state index in [0.29, 0.717) is 17.0 Å². The molecule has 6 nitrogen and oxygen atoms in total.